The molecule has 1 aliphatic heterocycles. The zero-order chi connectivity index (χ0) is 16.8. The lowest BCUT2D eigenvalue weighted by atomic mass is 10.1. The Balaban J connectivity index is 2.08. The summed E-state index contributed by atoms with van der Waals surface area (Å²) >= 11 is 0. The van der Waals surface area contributed by atoms with Crippen molar-refractivity contribution in [3.05, 3.63) is 24.3 Å². The molecule has 6 nitrogen and oxygen atoms in total. The molecule has 1 heterocycles. The minimum atomic E-state index is -0.430. The number of carbonyl (C=O) groups excluding carboxylic acids is 3. The number of rotatable bonds is 6. The van der Waals surface area contributed by atoms with E-state index in [1.807, 2.05) is 6.92 Å². The van der Waals surface area contributed by atoms with E-state index >= 15 is 0 Å². The van der Waals surface area contributed by atoms with Gasteiger partial charge < -0.3 is 15.0 Å². The molecular weight excluding hydrogens is 296 g/mol. The van der Waals surface area contributed by atoms with Crippen molar-refractivity contribution in [2.75, 3.05) is 23.4 Å². The van der Waals surface area contributed by atoms with Crippen LogP contribution in [0, 0.1) is 5.92 Å². The Bertz CT molecular complexity index is 600. The molecule has 1 fully saturated rings. The first kappa shape index (κ1) is 17.0. The normalized spacial score (nSPS) is 17.2. The van der Waals surface area contributed by atoms with Crippen LogP contribution >= 0.6 is 0 Å². The van der Waals surface area contributed by atoms with Crippen LogP contribution in [0.15, 0.2) is 24.3 Å². The van der Waals surface area contributed by atoms with Crippen LogP contribution in [0.4, 0.5) is 11.4 Å². The number of anilines is 2. The number of benzene rings is 1. The van der Waals surface area contributed by atoms with E-state index in [9.17, 15) is 14.4 Å². The van der Waals surface area contributed by atoms with E-state index < -0.39 is 5.92 Å². The Morgan fingerprint density at radius 1 is 1.35 bits per heavy atom. The van der Waals surface area contributed by atoms with Crippen LogP contribution in [-0.4, -0.2) is 30.9 Å². The van der Waals surface area contributed by atoms with E-state index in [4.69, 9.17) is 4.74 Å². The highest BCUT2D eigenvalue weighted by Gasteiger charge is 2.36. The van der Waals surface area contributed by atoms with E-state index in [-0.39, 0.29) is 24.2 Å². The van der Waals surface area contributed by atoms with Crippen molar-refractivity contribution in [1.82, 2.24) is 0 Å². The molecule has 1 saturated heterocycles. The summed E-state index contributed by atoms with van der Waals surface area (Å²) in [5, 5.41) is 2.81. The molecule has 1 atom stereocenters. The van der Waals surface area contributed by atoms with Gasteiger partial charge in [0.15, 0.2) is 0 Å². The van der Waals surface area contributed by atoms with Crippen LogP contribution in [0.25, 0.3) is 0 Å². The summed E-state index contributed by atoms with van der Waals surface area (Å²) in [5.74, 6) is -0.932. The molecule has 124 valence electrons. The molecule has 2 amide bonds. The predicted molar refractivity (Wildman–Crippen MR) is 87.1 cm³/mol. The molecule has 0 radical (unpaired) electrons. The van der Waals surface area contributed by atoms with E-state index in [0.29, 0.717) is 30.9 Å². The SMILES string of the molecule is CCCC(=O)Nc1cccc(N2C[C@H](C(=O)OCC)CC2=O)c1. The van der Waals surface area contributed by atoms with Gasteiger partial charge in [0.25, 0.3) is 0 Å². The first-order valence-electron chi connectivity index (χ1n) is 7.92. The number of esters is 1. The van der Waals surface area contributed by atoms with Gasteiger partial charge in [0.05, 0.1) is 12.5 Å². The second-order valence-corrected chi connectivity index (χ2v) is 5.51. The number of nitrogens with zero attached hydrogens (tertiary/aromatic N) is 1. The summed E-state index contributed by atoms with van der Waals surface area (Å²) in [5.41, 5.74) is 1.32. The van der Waals surface area contributed by atoms with Crippen LogP contribution in [0.5, 0.6) is 0 Å². The molecule has 0 aliphatic carbocycles. The van der Waals surface area contributed by atoms with Crippen LogP contribution in [0.1, 0.15) is 33.1 Å². The molecule has 6 heteroatoms. The maximum Gasteiger partial charge on any atom is 0.311 e. The average Bonchev–Trinajstić information content (AvgIpc) is 2.90. The lowest BCUT2D eigenvalue weighted by Crippen LogP contribution is -2.26. The fourth-order valence-corrected chi connectivity index (χ4v) is 2.58. The Hall–Kier alpha value is -2.37. The quantitative estimate of drug-likeness (QED) is 0.817. The lowest BCUT2D eigenvalue weighted by Gasteiger charge is -2.17. The van der Waals surface area contributed by atoms with Crippen molar-refractivity contribution in [1.29, 1.82) is 0 Å². The van der Waals surface area contributed by atoms with Crippen molar-refractivity contribution < 1.29 is 19.1 Å². The van der Waals surface area contributed by atoms with E-state index in [1.165, 1.54) is 0 Å². The standard InChI is InChI=1S/C17H22N2O4/c1-3-6-15(20)18-13-7-5-8-14(10-13)19-11-12(9-16(19)21)17(22)23-4-2/h5,7-8,10,12H,3-4,6,9,11H2,1-2H3,(H,18,20)/t12-/m1/s1. The summed E-state index contributed by atoms with van der Waals surface area (Å²) in [6.07, 6.45) is 1.39. The topological polar surface area (TPSA) is 75.7 Å². The summed E-state index contributed by atoms with van der Waals surface area (Å²) in [7, 11) is 0. The van der Waals surface area contributed by atoms with Crippen molar-refractivity contribution in [3.8, 4) is 0 Å². The summed E-state index contributed by atoms with van der Waals surface area (Å²) < 4.78 is 4.99. The fourth-order valence-electron chi connectivity index (χ4n) is 2.58. The van der Waals surface area contributed by atoms with Gasteiger partial charge in [-0.15, -0.1) is 0 Å². The van der Waals surface area contributed by atoms with Gasteiger partial charge in [0, 0.05) is 30.8 Å². The van der Waals surface area contributed by atoms with E-state index in [2.05, 4.69) is 5.32 Å². The van der Waals surface area contributed by atoms with Gasteiger partial charge in [0.2, 0.25) is 11.8 Å². The summed E-state index contributed by atoms with van der Waals surface area (Å²) in [4.78, 5) is 37.2. The number of ether oxygens (including phenoxy) is 1. The zero-order valence-electron chi connectivity index (χ0n) is 13.5. The Kier molecular flexibility index (Phi) is 5.73. The number of carbonyl (C=O) groups is 3. The third-order valence-electron chi connectivity index (χ3n) is 3.66. The smallest absolute Gasteiger partial charge is 0.311 e. The highest BCUT2D eigenvalue weighted by molar-refractivity contribution is 6.00. The third-order valence-corrected chi connectivity index (χ3v) is 3.66. The zero-order valence-corrected chi connectivity index (χ0v) is 13.5. The van der Waals surface area contributed by atoms with Gasteiger partial charge in [-0.1, -0.05) is 13.0 Å². The molecule has 0 unspecified atom stereocenters. The third kappa shape index (κ3) is 4.31. The number of hydrogen-bond donors (Lipinski definition) is 1. The monoisotopic (exact) mass is 318 g/mol. The maximum atomic E-state index is 12.2. The first-order chi connectivity index (χ1) is 11.0. The molecule has 0 bridgehead atoms. The number of hydrogen-bond acceptors (Lipinski definition) is 4. The lowest BCUT2D eigenvalue weighted by molar-refractivity contribution is -0.147. The van der Waals surface area contributed by atoms with Crippen LogP contribution in [0.3, 0.4) is 0 Å². The van der Waals surface area contributed by atoms with E-state index in [0.717, 1.165) is 6.42 Å². The number of nitrogens with one attached hydrogen (secondary N) is 1. The van der Waals surface area contributed by atoms with Gasteiger partial charge in [-0.2, -0.15) is 0 Å². The number of amides is 2. The molecule has 0 spiro atoms. The highest BCUT2D eigenvalue weighted by atomic mass is 16.5. The molecule has 1 N–H and O–H groups in total. The second-order valence-electron chi connectivity index (χ2n) is 5.51. The van der Waals surface area contributed by atoms with Gasteiger partial charge >= 0.3 is 5.97 Å². The van der Waals surface area contributed by atoms with Crippen LogP contribution < -0.4 is 10.2 Å². The second kappa shape index (κ2) is 7.76. The van der Waals surface area contributed by atoms with Gasteiger partial charge in [-0.05, 0) is 31.5 Å². The maximum absolute atomic E-state index is 12.2. The average molecular weight is 318 g/mol. The Morgan fingerprint density at radius 2 is 2.13 bits per heavy atom. The summed E-state index contributed by atoms with van der Waals surface area (Å²) in [6.45, 7) is 4.30. The van der Waals surface area contributed by atoms with Crippen molar-refractivity contribution in [2.24, 2.45) is 5.92 Å². The molecule has 1 aromatic carbocycles. The molecule has 23 heavy (non-hydrogen) atoms. The molecule has 0 saturated carbocycles. The Labute approximate surface area is 135 Å². The molecule has 0 aromatic heterocycles. The van der Waals surface area contributed by atoms with Crippen molar-refractivity contribution >= 4 is 29.2 Å². The predicted octanol–water partition coefficient (Wildman–Crippen LogP) is 2.34. The summed E-state index contributed by atoms with van der Waals surface area (Å²) in [6, 6.07) is 7.10. The largest absolute Gasteiger partial charge is 0.466 e. The van der Waals surface area contributed by atoms with Crippen molar-refractivity contribution in [2.45, 2.75) is 33.1 Å². The van der Waals surface area contributed by atoms with Gasteiger partial charge in [-0.25, -0.2) is 0 Å². The Morgan fingerprint density at radius 3 is 2.83 bits per heavy atom. The van der Waals surface area contributed by atoms with Gasteiger partial charge in [0.1, 0.15) is 0 Å². The van der Waals surface area contributed by atoms with Gasteiger partial charge in [-0.3, -0.25) is 14.4 Å². The minimum absolute atomic E-state index is 0.0539. The first-order valence-corrected chi connectivity index (χ1v) is 7.92. The fraction of sp³-hybridized carbons (Fsp3) is 0.471. The molecule has 1 aromatic rings. The van der Waals surface area contributed by atoms with Crippen molar-refractivity contribution in [3.63, 3.8) is 0 Å². The minimum Gasteiger partial charge on any atom is -0.466 e. The molecule has 2 rings (SSSR count). The van der Waals surface area contributed by atoms with E-state index in [1.54, 1.807) is 36.1 Å². The van der Waals surface area contributed by atoms with Crippen LogP contribution in [0.2, 0.25) is 0 Å². The molecule has 1 aliphatic rings. The molecular formula is C17H22N2O4. The highest BCUT2D eigenvalue weighted by Crippen LogP contribution is 2.27. The van der Waals surface area contributed by atoms with Crippen LogP contribution in [-0.2, 0) is 19.1 Å².